The van der Waals surface area contributed by atoms with Gasteiger partial charge in [0, 0.05) is 36.7 Å². The summed E-state index contributed by atoms with van der Waals surface area (Å²) in [5.41, 5.74) is 1.22. The van der Waals surface area contributed by atoms with Gasteiger partial charge in [0.25, 0.3) is 5.91 Å². The van der Waals surface area contributed by atoms with Crippen molar-refractivity contribution in [2.75, 3.05) is 12.8 Å². The molecule has 1 aromatic heterocycles. The molecule has 0 fully saturated rings. The van der Waals surface area contributed by atoms with E-state index in [0.717, 1.165) is 11.9 Å². The highest BCUT2D eigenvalue weighted by Gasteiger charge is 2.11. The highest BCUT2D eigenvalue weighted by atomic mass is 32.2. The summed E-state index contributed by atoms with van der Waals surface area (Å²) in [5.74, 6) is -0.295. The molecule has 0 spiro atoms. The van der Waals surface area contributed by atoms with Crippen LogP contribution in [0, 0.1) is 0 Å². The minimum Gasteiger partial charge on any atom is -0.352 e. The van der Waals surface area contributed by atoms with Crippen LogP contribution in [0.15, 0.2) is 53.6 Å². The van der Waals surface area contributed by atoms with E-state index in [4.69, 9.17) is 0 Å². The van der Waals surface area contributed by atoms with E-state index in [0.29, 0.717) is 18.5 Å². The summed E-state index contributed by atoms with van der Waals surface area (Å²) >= 11 is 0. The predicted octanol–water partition coefficient (Wildman–Crippen LogP) is 1.46. The number of benzene rings is 1. The molecule has 0 radical (unpaired) electrons. The Hall–Kier alpha value is -2.21. The van der Waals surface area contributed by atoms with Gasteiger partial charge >= 0.3 is 0 Å². The Bertz CT molecular complexity index is 728. The first-order valence-corrected chi connectivity index (χ1v) is 8.34. The minimum atomic E-state index is -3.31. The van der Waals surface area contributed by atoms with E-state index in [1.165, 1.54) is 12.1 Å². The molecule has 1 N–H and O–H groups in total. The molecule has 1 aromatic carbocycles. The van der Waals surface area contributed by atoms with Gasteiger partial charge < -0.3 is 5.32 Å². The first-order valence-electron chi connectivity index (χ1n) is 6.45. The number of nitrogens with one attached hydrogen (secondary N) is 1. The molecule has 0 aliphatic carbocycles. The number of carbonyl (C=O) groups is 1. The zero-order valence-electron chi connectivity index (χ0n) is 11.6. The first-order chi connectivity index (χ1) is 9.97. The monoisotopic (exact) mass is 304 g/mol. The number of hydrogen-bond donors (Lipinski definition) is 1. The number of nitrogens with zero attached hydrogens (tertiary/aromatic N) is 1. The van der Waals surface area contributed by atoms with Crippen molar-refractivity contribution in [1.82, 2.24) is 10.3 Å². The third kappa shape index (κ3) is 4.39. The second-order valence-corrected chi connectivity index (χ2v) is 6.64. The van der Waals surface area contributed by atoms with E-state index in [1.807, 2.05) is 18.2 Å². The van der Waals surface area contributed by atoms with E-state index < -0.39 is 9.84 Å². The Morgan fingerprint density at radius 2 is 2.00 bits per heavy atom. The molecular weight excluding hydrogens is 288 g/mol. The fourth-order valence-electron chi connectivity index (χ4n) is 1.82. The Morgan fingerprint density at radius 1 is 1.19 bits per heavy atom. The Morgan fingerprint density at radius 3 is 2.67 bits per heavy atom. The maximum absolute atomic E-state index is 12.0. The molecule has 2 rings (SSSR count). The third-order valence-electron chi connectivity index (χ3n) is 2.92. The van der Waals surface area contributed by atoms with Gasteiger partial charge in [-0.2, -0.15) is 0 Å². The predicted molar refractivity (Wildman–Crippen MR) is 79.8 cm³/mol. The summed E-state index contributed by atoms with van der Waals surface area (Å²) < 4.78 is 22.9. The number of rotatable bonds is 5. The zero-order valence-corrected chi connectivity index (χ0v) is 12.4. The van der Waals surface area contributed by atoms with Crippen molar-refractivity contribution in [3.63, 3.8) is 0 Å². The molecule has 0 saturated heterocycles. The molecule has 1 amide bonds. The quantitative estimate of drug-likeness (QED) is 0.907. The summed E-state index contributed by atoms with van der Waals surface area (Å²) in [7, 11) is -3.31. The van der Waals surface area contributed by atoms with Crippen molar-refractivity contribution in [2.24, 2.45) is 0 Å². The number of hydrogen-bond acceptors (Lipinski definition) is 4. The summed E-state index contributed by atoms with van der Waals surface area (Å²) in [6.07, 6.45) is 3.44. The van der Waals surface area contributed by atoms with Crippen LogP contribution in [0.4, 0.5) is 0 Å². The van der Waals surface area contributed by atoms with Gasteiger partial charge in [-0.05, 0) is 30.3 Å². The fourth-order valence-corrected chi connectivity index (χ4v) is 2.49. The lowest BCUT2D eigenvalue weighted by atomic mass is 10.2. The molecule has 1 heterocycles. The smallest absolute Gasteiger partial charge is 0.251 e. The van der Waals surface area contributed by atoms with Crippen molar-refractivity contribution < 1.29 is 13.2 Å². The second kappa shape index (κ2) is 6.49. The highest BCUT2D eigenvalue weighted by Crippen LogP contribution is 2.11. The van der Waals surface area contributed by atoms with Crippen LogP contribution in [-0.4, -0.2) is 32.1 Å². The Balaban J connectivity index is 1.98. The van der Waals surface area contributed by atoms with Crippen LogP contribution in [0.5, 0.6) is 0 Å². The van der Waals surface area contributed by atoms with E-state index in [2.05, 4.69) is 10.3 Å². The maximum Gasteiger partial charge on any atom is 0.251 e. The van der Waals surface area contributed by atoms with E-state index in [-0.39, 0.29) is 10.8 Å². The molecule has 0 aliphatic heterocycles. The largest absolute Gasteiger partial charge is 0.352 e. The Labute approximate surface area is 124 Å². The van der Waals surface area contributed by atoms with Crippen LogP contribution in [0.3, 0.4) is 0 Å². The van der Waals surface area contributed by atoms with Crippen molar-refractivity contribution in [2.45, 2.75) is 11.3 Å². The van der Waals surface area contributed by atoms with Crippen molar-refractivity contribution >= 4 is 15.7 Å². The summed E-state index contributed by atoms with van der Waals surface area (Å²) in [6.45, 7) is 0.443. The molecule has 0 atom stereocenters. The zero-order chi connectivity index (χ0) is 15.3. The van der Waals surface area contributed by atoms with Crippen molar-refractivity contribution in [3.8, 4) is 0 Å². The number of aromatic nitrogens is 1. The lowest BCUT2D eigenvalue weighted by molar-refractivity contribution is 0.0954. The van der Waals surface area contributed by atoms with E-state index in [9.17, 15) is 13.2 Å². The molecule has 110 valence electrons. The van der Waals surface area contributed by atoms with Crippen molar-refractivity contribution in [1.29, 1.82) is 0 Å². The highest BCUT2D eigenvalue weighted by molar-refractivity contribution is 7.90. The van der Waals surface area contributed by atoms with Gasteiger partial charge in [0.15, 0.2) is 9.84 Å². The van der Waals surface area contributed by atoms with Gasteiger partial charge in [0.05, 0.1) is 4.90 Å². The molecule has 0 bridgehead atoms. The summed E-state index contributed by atoms with van der Waals surface area (Å²) in [5, 5.41) is 2.75. The SMILES string of the molecule is CS(=O)(=O)c1cccc(C(=O)NCCc2ccccn2)c1. The van der Waals surface area contributed by atoms with Crippen LogP contribution in [-0.2, 0) is 16.3 Å². The number of sulfone groups is 1. The summed E-state index contributed by atoms with van der Waals surface area (Å²) in [4.78, 5) is 16.3. The standard InChI is InChI=1S/C15H16N2O3S/c1-21(19,20)14-7-4-5-12(11-14)15(18)17-10-8-13-6-2-3-9-16-13/h2-7,9,11H,8,10H2,1H3,(H,17,18). The molecule has 0 saturated carbocycles. The van der Waals surface area contributed by atoms with Crippen LogP contribution in [0.1, 0.15) is 16.1 Å². The van der Waals surface area contributed by atoms with Crippen molar-refractivity contribution in [3.05, 3.63) is 59.9 Å². The third-order valence-corrected chi connectivity index (χ3v) is 4.03. The average molecular weight is 304 g/mol. The lowest BCUT2D eigenvalue weighted by Gasteiger charge is -2.06. The fraction of sp³-hybridized carbons (Fsp3) is 0.200. The molecule has 6 heteroatoms. The van der Waals surface area contributed by atoms with E-state index in [1.54, 1.807) is 18.3 Å². The lowest BCUT2D eigenvalue weighted by Crippen LogP contribution is -2.26. The van der Waals surface area contributed by atoms with Gasteiger partial charge in [-0.25, -0.2) is 8.42 Å². The number of amides is 1. The summed E-state index contributed by atoms with van der Waals surface area (Å²) in [6, 6.07) is 11.6. The second-order valence-electron chi connectivity index (χ2n) is 4.63. The van der Waals surface area contributed by atoms with Gasteiger partial charge in [-0.3, -0.25) is 9.78 Å². The van der Waals surface area contributed by atoms with Crippen LogP contribution in [0.25, 0.3) is 0 Å². The van der Waals surface area contributed by atoms with Crippen LogP contribution < -0.4 is 5.32 Å². The molecule has 0 aliphatic rings. The number of pyridine rings is 1. The molecular formula is C15H16N2O3S. The van der Waals surface area contributed by atoms with E-state index >= 15 is 0 Å². The number of carbonyl (C=O) groups excluding carboxylic acids is 1. The van der Waals surface area contributed by atoms with Crippen LogP contribution in [0.2, 0.25) is 0 Å². The first kappa shape index (κ1) is 15.2. The van der Waals surface area contributed by atoms with Gasteiger partial charge in [-0.1, -0.05) is 12.1 Å². The minimum absolute atomic E-state index is 0.139. The van der Waals surface area contributed by atoms with Gasteiger partial charge in [-0.15, -0.1) is 0 Å². The molecule has 5 nitrogen and oxygen atoms in total. The average Bonchev–Trinajstić information content (AvgIpc) is 2.47. The maximum atomic E-state index is 12.0. The Kier molecular flexibility index (Phi) is 4.70. The van der Waals surface area contributed by atoms with Gasteiger partial charge in [0.1, 0.15) is 0 Å². The van der Waals surface area contributed by atoms with Crippen LogP contribution >= 0.6 is 0 Å². The molecule has 2 aromatic rings. The molecule has 21 heavy (non-hydrogen) atoms. The van der Waals surface area contributed by atoms with Gasteiger partial charge in [0.2, 0.25) is 0 Å². The molecule has 0 unspecified atom stereocenters. The topological polar surface area (TPSA) is 76.1 Å². The normalized spacial score (nSPS) is 11.1.